The summed E-state index contributed by atoms with van der Waals surface area (Å²) in [5.41, 5.74) is 2.16. The average molecular weight is 414 g/mol. The Labute approximate surface area is 169 Å². The third-order valence-electron chi connectivity index (χ3n) is 3.96. The summed E-state index contributed by atoms with van der Waals surface area (Å²) in [4.78, 5) is 25.3. The van der Waals surface area contributed by atoms with Gasteiger partial charge in [0, 0.05) is 31.4 Å². The zero-order chi connectivity index (χ0) is 20.4. The highest BCUT2D eigenvalue weighted by Crippen LogP contribution is 2.24. The van der Waals surface area contributed by atoms with Gasteiger partial charge >= 0.3 is 0 Å². The van der Waals surface area contributed by atoms with Crippen molar-refractivity contribution in [1.29, 1.82) is 0 Å². The Morgan fingerprint density at radius 3 is 2.93 bits per heavy atom. The number of oxazole rings is 1. The molecule has 148 valence electrons. The van der Waals surface area contributed by atoms with Crippen LogP contribution < -0.4 is 10.6 Å². The highest BCUT2D eigenvalue weighted by molar-refractivity contribution is 6.33. The quantitative estimate of drug-likeness (QED) is 0.410. The minimum atomic E-state index is -0.485. The number of nitrogens with zero attached hydrogens (tertiary/aromatic N) is 5. The first-order valence-electron chi connectivity index (χ1n) is 8.63. The van der Waals surface area contributed by atoms with Gasteiger partial charge in [-0.2, -0.15) is 10.1 Å². The molecule has 0 aliphatic carbocycles. The molecule has 4 rings (SSSR count). The van der Waals surface area contributed by atoms with Crippen molar-refractivity contribution in [3.8, 4) is 11.3 Å². The number of fused-ring (bicyclic) bond motifs is 1. The van der Waals surface area contributed by atoms with Gasteiger partial charge < -0.3 is 20.2 Å². The van der Waals surface area contributed by atoms with E-state index in [4.69, 9.17) is 21.1 Å². The van der Waals surface area contributed by atoms with Crippen LogP contribution >= 0.6 is 11.6 Å². The average Bonchev–Trinajstić information content (AvgIpc) is 3.31. The summed E-state index contributed by atoms with van der Waals surface area (Å²) >= 11 is 6.16. The molecule has 10 nitrogen and oxygen atoms in total. The molecule has 4 aromatic rings. The van der Waals surface area contributed by atoms with E-state index in [0.29, 0.717) is 11.5 Å². The van der Waals surface area contributed by atoms with Crippen LogP contribution in [0, 0.1) is 0 Å². The molecular weight excluding hydrogens is 398 g/mol. The fraction of sp³-hybridized carbons (Fsp3) is 0.167. The first-order valence-corrected chi connectivity index (χ1v) is 9.00. The number of hydrogen-bond donors (Lipinski definition) is 3. The predicted molar refractivity (Wildman–Crippen MR) is 107 cm³/mol. The summed E-state index contributed by atoms with van der Waals surface area (Å²) in [7, 11) is 1.81. The topological polar surface area (TPSA) is 131 Å². The van der Waals surface area contributed by atoms with Crippen LogP contribution in [-0.2, 0) is 7.05 Å². The number of anilines is 2. The van der Waals surface area contributed by atoms with Gasteiger partial charge in [0.15, 0.2) is 5.58 Å². The van der Waals surface area contributed by atoms with Crippen LogP contribution in [-0.4, -0.2) is 48.9 Å². The van der Waals surface area contributed by atoms with Gasteiger partial charge in [-0.3, -0.25) is 9.48 Å². The van der Waals surface area contributed by atoms with Gasteiger partial charge in [-0.25, -0.2) is 9.97 Å². The van der Waals surface area contributed by atoms with Gasteiger partial charge in [0.2, 0.25) is 5.65 Å². The molecule has 1 amide bonds. The molecule has 0 saturated heterocycles. The Balaban J connectivity index is 1.58. The van der Waals surface area contributed by atoms with E-state index in [1.807, 2.05) is 19.3 Å². The highest BCUT2D eigenvalue weighted by atomic mass is 35.5. The number of halogens is 1. The summed E-state index contributed by atoms with van der Waals surface area (Å²) in [6.45, 7) is 0.193. The molecule has 4 heterocycles. The zero-order valence-corrected chi connectivity index (χ0v) is 16.0. The molecule has 4 aromatic heterocycles. The number of hydrogen-bond acceptors (Lipinski definition) is 8. The van der Waals surface area contributed by atoms with Crippen molar-refractivity contribution >= 4 is 40.6 Å². The first kappa shape index (κ1) is 18.8. The van der Waals surface area contributed by atoms with E-state index in [1.165, 1.54) is 6.07 Å². The molecule has 11 heteroatoms. The summed E-state index contributed by atoms with van der Waals surface area (Å²) in [6.07, 6.45) is 3.52. The molecule has 0 atom stereocenters. The normalized spacial score (nSPS) is 11.0. The molecule has 0 bridgehead atoms. The molecule has 3 N–H and O–H groups in total. The van der Waals surface area contributed by atoms with Crippen LogP contribution in [0.15, 0.2) is 41.1 Å². The van der Waals surface area contributed by atoms with E-state index in [9.17, 15) is 4.79 Å². The van der Waals surface area contributed by atoms with Crippen molar-refractivity contribution in [2.24, 2.45) is 7.05 Å². The minimum absolute atomic E-state index is 0.0135. The van der Waals surface area contributed by atoms with Crippen LogP contribution in [0.4, 0.5) is 11.8 Å². The van der Waals surface area contributed by atoms with Crippen LogP contribution in [0.2, 0.25) is 5.15 Å². The zero-order valence-electron chi connectivity index (χ0n) is 15.3. The van der Waals surface area contributed by atoms with Gasteiger partial charge in [-0.15, -0.1) is 0 Å². The van der Waals surface area contributed by atoms with Crippen LogP contribution in [0.3, 0.4) is 0 Å². The number of pyridine rings is 2. The Hall–Kier alpha value is -3.50. The molecule has 0 aromatic carbocycles. The molecule has 29 heavy (non-hydrogen) atoms. The second-order valence-corrected chi connectivity index (χ2v) is 6.44. The van der Waals surface area contributed by atoms with E-state index in [2.05, 4.69) is 30.7 Å². The second-order valence-electron chi connectivity index (χ2n) is 6.08. The summed E-state index contributed by atoms with van der Waals surface area (Å²) in [5, 5.41) is 18.5. The second kappa shape index (κ2) is 7.86. The molecule has 0 radical (unpaired) electrons. The highest BCUT2D eigenvalue weighted by Gasteiger charge is 2.17. The minimum Gasteiger partial charge on any atom is -0.422 e. The van der Waals surface area contributed by atoms with Crippen molar-refractivity contribution in [2.75, 3.05) is 23.8 Å². The molecule has 0 unspecified atom stereocenters. The molecule has 0 saturated carbocycles. The van der Waals surface area contributed by atoms with Crippen LogP contribution in [0.5, 0.6) is 0 Å². The lowest BCUT2D eigenvalue weighted by Gasteiger charge is -2.06. The molecule has 0 fully saturated rings. The molecular formula is C18H16ClN7O3. The molecule has 0 spiro atoms. The van der Waals surface area contributed by atoms with E-state index < -0.39 is 5.91 Å². The van der Waals surface area contributed by atoms with Gasteiger partial charge in [-0.1, -0.05) is 17.7 Å². The standard InChI is InChI=1S/C18H16ClN7O3/c1-26-9-10(8-21-26)12-3-2-4-14(22-12)23-17(28)11-7-13-16(24-15(11)19)25-18(29-13)20-5-6-27/h2-4,7-9,27H,5-6H2,1H3,(H,20,24,25)(H,22,23,28). The number of aryl methyl sites for hydroxylation is 1. The third-order valence-corrected chi connectivity index (χ3v) is 4.25. The predicted octanol–water partition coefficient (Wildman–Crippen LogP) is 2.33. The number of aromatic nitrogens is 5. The van der Waals surface area contributed by atoms with Crippen molar-refractivity contribution in [3.63, 3.8) is 0 Å². The monoisotopic (exact) mass is 413 g/mol. The fourth-order valence-corrected chi connectivity index (χ4v) is 2.86. The maximum Gasteiger partial charge on any atom is 0.297 e. The van der Waals surface area contributed by atoms with Gasteiger partial charge in [0.25, 0.3) is 11.9 Å². The van der Waals surface area contributed by atoms with E-state index in [1.54, 1.807) is 23.0 Å². The van der Waals surface area contributed by atoms with Crippen molar-refractivity contribution in [3.05, 3.63) is 47.4 Å². The number of carbonyl (C=O) groups excluding carboxylic acids is 1. The van der Waals surface area contributed by atoms with E-state index >= 15 is 0 Å². The number of rotatable bonds is 6. The van der Waals surface area contributed by atoms with Crippen molar-refractivity contribution < 1.29 is 14.3 Å². The van der Waals surface area contributed by atoms with Crippen molar-refractivity contribution in [2.45, 2.75) is 0 Å². The Bertz CT molecular complexity index is 1190. The number of aliphatic hydroxyl groups is 1. The van der Waals surface area contributed by atoms with Gasteiger partial charge in [0.1, 0.15) is 11.0 Å². The molecule has 0 aliphatic rings. The lowest BCUT2D eigenvalue weighted by atomic mass is 10.2. The summed E-state index contributed by atoms with van der Waals surface area (Å²) in [5.74, 6) is -0.128. The largest absolute Gasteiger partial charge is 0.422 e. The van der Waals surface area contributed by atoms with E-state index in [0.717, 1.165) is 5.56 Å². The molecule has 0 aliphatic heterocycles. The Kier molecular flexibility index (Phi) is 5.10. The van der Waals surface area contributed by atoms with Crippen LogP contribution in [0.1, 0.15) is 10.4 Å². The third kappa shape index (κ3) is 4.03. The summed E-state index contributed by atoms with van der Waals surface area (Å²) < 4.78 is 7.16. The fourth-order valence-electron chi connectivity index (χ4n) is 2.64. The smallest absolute Gasteiger partial charge is 0.297 e. The van der Waals surface area contributed by atoms with Gasteiger partial charge in [-0.05, 0) is 12.1 Å². The van der Waals surface area contributed by atoms with Crippen LogP contribution in [0.25, 0.3) is 22.5 Å². The summed E-state index contributed by atoms with van der Waals surface area (Å²) in [6, 6.07) is 6.91. The number of aliphatic hydroxyl groups excluding tert-OH is 1. The van der Waals surface area contributed by atoms with Crippen molar-refractivity contribution in [1.82, 2.24) is 24.7 Å². The number of nitrogens with one attached hydrogen (secondary N) is 2. The van der Waals surface area contributed by atoms with Gasteiger partial charge in [0.05, 0.1) is 24.1 Å². The maximum atomic E-state index is 12.7. The lowest BCUT2D eigenvalue weighted by Crippen LogP contribution is -2.14. The lowest BCUT2D eigenvalue weighted by molar-refractivity contribution is 0.102. The number of amides is 1. The Morgan fingerprint density at radius 2 is 2.17 bits per heavy atom. The Morgan fingerprint density at radius 1 is 1.31 bits per heavy atom. The first-order chi connectivity index (χ1) is 14.0. The SMILES string of the molecule is Cn1cc(-c2cccc(NC(=O)c3cc4oc(NCCO)nc4nc3Cl)n2)cn1. The maximum absolute atomic E-state index is 12.7. The number of carbonyl (C=O) groups is 1. The van der Waals surface area contributed by atoms with E-state index in [-0.39, 0.29) is 41.1 Å².